The van der Waals surface area contributed by atoms with E-state index >= 15 is 0 Å². The third kappa shape index (κ3) is 5.39. The molecule has 0 aliphatic carbocycles. The molecular formula is C19H17F6N3O4S. The number of halogens is 6. The molecule has 0 atom stereocenters. The van der Waals surface area contributed by atoms with Crippen molar-refractivity contribution in [3.63, 3.8) is 0 Å². The zero-order valence-electron chi connectivity index (χ0n) is 16.6. The predicted octanol–water partition coefficient (Wildman–Crippen LogP) is 3.35. The second-order valence-electron chi connectivity index (χ2n) is 7.12. The number of rotatable bonds is 4. The van der Waals surface area contributed by atoms with Crippen molar-refractivity contribution < 1.29 is 44.8 Å². The summed E-state index contributed by atoms with van der Waals surface area (Å²) in [6, 6.07) is 6.21. The molecule has 0 bridgehead atoms. The Morgan fingerprint density at radius 1 is 0.848 bits per heavy atom. The minimum absolute atomic E-state index is 0.107. The van der Waals surface area contributed by atoms with Crippen LogP contribution in [-0.4, -0.2) is 50.0 Å². The average molecular weight is 497 g/mol. The molecular weight excluding hydrogens is 480 g/mol. The van der Waals surface area contributed by atoms with E-state index in [2.05, 4.69) is 0 Å². The van der Waals surface area contributed by atoms with Crippen LogP contribution in [0, 0.1) is 0 Å². The molecule has 0 unspecified atom stereocenters. The molecule has 1 heterocycles. The summed E-state index contributed by atoms with van der Waals surface area (Å²) in [7, 11) is -4.63. The van der Waals surface area contributed by atoms with E-state index < -0.39 is 44.3 Å². The van der Waals surface area contributed by atoms with Gasteiger partial charge in [0.05, 0.1) is 16.0 Å². The molecule has 0 radical (unpaired) electrons. The quantitative estimate of drug-likeness (QED) is 0.384. The highest BCUT2D eigenvalue weighted by Gasteiger charge is 2.39. The number of hydrogen-bond donors (Lipinski definition) is 2. The second kappa shape index (κ2) is 8.83. The van der Waals surface area contributed by atoms with E-state index in [4.69, 9.17) is 5.21 Å². The summed E-state index contributed by atoms with van der Waals surface area (Å²) in [6.07, 6.45) is -10.3. The first-order valence-electron chi connectivity index (χ1n) is 9.32. The fourth-order valence-electron chi connectivity index (χ4n) is 3.30. The van der Waals surface area contributed by atoms with Crippen molar-refractivity contribution in [3.05, 3.63) is 59.2 Å². The van der Waals surface area contributed by atoms with Gasteiger partial charge in [-0.3, -0.25) is 10.0 Å². The Kier molecular flexibility index (Phi) is 6.64. The summed E-state index contributed by atoms with van der Waals surface area (Å²) >= 11 is 0. The van der Waals surface area contributed by atoms with Gasteiger partial charge in [0.2, 0.25) is 10.0 Å². The number of alkyl halides is 6. The highest BCUT2D eigenvalue weighted by Crippen LogP contribution is 2.38. The van der Waals surface area contributed by atoms with Gasteiger partial charge in [-0.1, -0.05) is 0 Å². The molecule has 1 aliphatic heterocycles. The first-order valence-corrected chi connectivity index (χ1v) is 10.8. The monoisotopic (exact) mass is 497 g/mol. The molecule has 3 rings (SSSR count). The lowest BCUT2D eigenvalue weighted by atomic mass is 10.1. The van der Waals surface area contributed by atoms with Crippen molar-refractivity contribution >= 4 is 21.6 Å². The summed E-state index contributed by atoms with van der Waals surface area (Å²) in [5.41, 5.74) is -1.15. The number of amides is 1. The van der Waals surface area contributed by atoms with Gasteiger partial charge in [0.15, 0.2) is 0 Å². The summed E-state index contributed by atoms with van der Waals surface area (Å²) < 4.78 is 105. The largest absolute Gasteiger partial charge is 0.416 e. The predicted molar refractivity (Wildman–Crippen MR) is 103 cm³/mol. The topological polar surface area (TPSA) is 89.9 Å². The Labute approximate surface area is 184 Å². The lowest BCUT2D eigenvalue weighted by molar-refractivity contribution is -0.143. The van der Waals surface area contributed by atoms with E-state index in [0.717, 1.165) is 4.31 Å². The lowest BCUT2D eigenvalue weighted by Gasteiger charge is -2.35. The molecule has 1 saturated heterocycles. The van der Waals surface area contributed by atoms with Gasteiger partial charge in [-0.25, -0.2) is 13.9 Å². The maximum absolute atomic E-state index is 13.1. The number of nitrogens with one attached hydrogen (secondary N) is 1. The van der Waals surface area contributed by atoms with Crippen molar-refractivity contribution in [2.45, 2.75) is 17.2 Å². The number of hydroxylamine groups is 1. The molecule has 0 saturated carbocycles. The van der Waals surface area contributed by atoms with Gasteiger partial charge in [-0.15, -0.1) is 0 Å². The van der Waals surface area contributed by atoms with Crippen LogP contribution in [0.3, 0.4) is 0 Å². The molecule has 1 aliphatic rings. The minimum Gasteiger partial charge on any atom is -0.369 e. The maximum atomic E-state index is 13.1. The van der Waals surface area contributed by atoms with Crippen molar-refractivity contribution in [3.8, 4) is 0 Å². The fraction of sp³-hybridized carbons (Fsp3) is 0.316. The van der Waals surface area contributed by atoms with E-state index in [9.17, 15) is 39.6 Å². The molecule has 0 spiro atoms. The van der Waals surface area contributed by atoms with Gasteiger partial charge in [0.25, 0.3) is 5.91 Å². The van der Waals surface area contributed by atoms with Crippen molar-refractivity contribution in [1.82, 2.24) is 9.79 Å². The van der Waals surface area contributed by atoms with Crippen LogP contribution in [0.1, 0.15) is 21.5 Å². The van der Waals surface area contributed by atoms with Gasteiger partial charge in [-0.2, -0.15) is 30.6 Å². The summed E-state index contributed by atoms with van der Waals surface area (Å²) in [5.74, 6) is -0.725. The molecule has 0 aromatic heterocycles. The van der Waals surface area contributed by atoms with E-state index in [1.807, 2.05) is 0 Å². The van der Waals surface area contributed by atoms with Crippen molar-refractivity contribution in [2.24, 2.45) is 0 Å². The summed E-state index contributed by atoms with van der Waals surface area (Å²) in [6.45, 7) is -0.149. The van der Waals surface area contributed by atoms with Gasteiger partial charge in [0.1, 0.15) is 0 Å². The van der Waals surface area contributed by atoms with Gasteiger partial charge in [0, 0.05) is 37.4 Å². The lowest BCUT2D eigenvalue weighted by Crippen LogP contribution is -2.48. The molecule has 180 valence electrons. The highest BCUT2D eigenvalue weighted by atomic mass is 32.2. The first kappa shape index (κ1) is 24.8. The van der Waals surface area contributed by atoms with Crippen LogP contribution in [0.4, 0.5) is 32.0 Å². The molecule has 7 nitrogen and oxygen atoms in total. The second-order valence-corrected chi connectivity index (χ2v) is 9.06. The number of sulfonamides is 1. The van der Waals surface area contributed by atoms with Crippen LogP contribution >= 0.6 is 0 Å². The highest BCUT2D eigenvalue weighted by molar-refractivity contribution is 7.89. The third-order valence-electron chi connectivity index (χ3n) is 5.03. The molecule has 1 amide bonds. The van der Waals surface area contributed by atoms with Crippen LogP contribution < -0.4 is 10.4 Å². The zero-order valence-corrected chi connectivity index (χ0v) is 17.4. The Hall–Kier alpha value is -2.84. The van der Waals surface area contributed by atoms with Gasteiger partial charge >= 0.3 is 12.4 Å². The Bertz CT molecular complexity index is 1090. The average Bonchev–Trinajstić information content (AvgIpc) is 2.77. The number of carbonyl (C=O) groups excluding carboxylic acids is 1. The zero-order chi connectivity index (χ0) is 24.6. The third-order valence-corrected chi connectivity index (χ3v) is 6.91. The first-order chi connectivity index (χ1) is 15.2. The molecule has 1 fully saturated rings. The van der Waals surface area contributed by atoms with E-state index in [1.165, 1.54) is 17.6 Å². The maximum Gasteiger partial charge on any atom is 0.416 e. The number of carbonyl (C=O) groups is 1. The van der Waals surface area contributed by atoms with E-state index in [1.54, 1.807) is 17.0 Å². The van der Waals surface area contributed by atoms with Crippen LogP contribution in [0.15, 0.2) is 47.4 Å². The Morgan fingerprint density at radius 3 is 1.76 bits per heavy atom. The Balaban J connectivity index is 1.82. The van der Waals surface area contributed by atoms with E-state index in [0.29, 0.717) is 5.69 Å². The smallest absolute Gasteiger partial charge is 0.369 e. The minimum atomic E-state index is -5.16. The van der Waals surface area contributed by atoms with Crippen LogP contribution in [-0.2, 0) is 22.4 Å². The fourth-order valence-corrected chi connectivity index (χ4v) is 4.79. The van der Waals surface area contributed by atoms with Crippen LogP contribution in [0.25, 0.3) is 0 Å². The van der Waals surface area contributed by atoms with Crippen molar-refractivity contribution in [2.75, 3.05) is 31.1 Å². The molecule has 2 N–H and O–H groups in total. The summed E-state index contributed by atoms with van der Waals surface area (Å²) in [5, 5.41) is 8.63. The number of piperazine rings is 1. The SMILES string of the molecule is O=C(NO)c1ccc(N2CCN(S(=O)(=O)c3cc(C(F)(F)F)cc(C(F)(F)F)c3)CC2)cc1. The van der Waals surface area contributed by atoms with Gasteiger partial charge in [-0.05, 0) is 42.5 Å². The summed E-state index contributed by atoms with van der Waals surface area (Å²) in [4.78, 5) is 12.0. The molecule has 33 heavy (non-hydrogen) atoms. The van der Waals surface area contributed by atoms with Crippen molar-refractivity contribution in [1.29, 1.82) is 0 Å². The number of benzene rings is 2. The standard InChI is InChI=1S/C19H17F6N3O4S/c20-18(21,22)13-9-14(19(23,24)25)11-16(10-13)33(31,32)28-7-5-27(6-8-28)15-3-1-12(2-4-15)17(29)26-30/h1-4,9-11,30H,5-8H2,(H,26,29). The van der Waals surface area contributed by atoms with Crippen LogP contribution in [0.5, 0.6) is 0 Å². The molecule has 2 aromatic rings. The Morgan fingerprint density at radius 2 is 1.33 bits per heavy atom. The van der Waals surface area contributed by atoms with E-state index in [-0.39, 0.29) is 49.9 Å². The molecule has 14 heteroatoms. The normalized spacial score (nSPS) is 16.0. The number of anilines is 1. The molecule has 2 aromatic carbocycles. The van der Waals surface area contributed by atoms with Gasteiger partial charge < -0.3 is 4.90 Å². The number of nitrogens with zero attached hydrogens (tertiary/aromatic N) is 2. The number of hydrogen-bond acceptors (Lipinski definition) is 5. The van der Waals surface area contributed by atoms with Crippen LogP contribution in [0.2, 0.25) is 0 Å².